The van der Waals surface area contributed by atoms with Gasteiger partial charge in [0.1, 0.15) is 5.91 Å². The molecular weight excluding hydrogens is 551 g/mol. The summed E-state index contributed by atoms with van der Waals surface area (Å²) in [5.41, 5.74) is 0. The first kappa shape index (κ1) is 39.3. The van der Waals surface area contributed by atoms with Crippen LogP contribution in [0.1, 0.15) is 122 Å². The monoisotopic (exact) mass is 613 g/mol. The molecule has 0 heterocycles. The molecule has 0 rings (SSSR count). The normalized spacial score (nSPS) is 21.3. The standard InChI is InChI=1S/C27H63NO8Si3/c1-15-21(7)29-38(30-22(8)16-2,31-23(9)17-3)35-27(37-28(13)14)36-39(32-24(10)18-4,33-25(11)19-5)34-26(12)20-6/h21-27H,15-20,37H2,1-14H3. The molecule has 0 aromatic rings. The zero-order valence-electron chi connectivity index (χ0n) is 27.7. The molecule has 6 unspecified atom stereocenters. The van der Waals surface area contributed by atoms with Gasteiger partial charge in [-0.1, -0.05) is 41.5 Å². The lowest BCUT2D eigenvalue weighted by atomic mass is 10.3. The van der Waals surface area contributed by atoms with Crippen molar-refractivity contribution in [2.24, 2.45) is 0 Å². The Hall–Kier alpha value is 0.291. The quantitative estimate of drug-likeness (QED) is 0.100. The Morgan fingerprint density at radius 3 is 0.795 bits per heavy atom. The molecule has 6 atom stereocenters. The lowest BCUT2D eigenvalue weighted by Gasteiger charge is -2.40. The van der Waals surface area contributed by atoms with Gasteiger partial charge in [0.15, 0.2) is 9.68 Å². The van der Waals surface area contributed by atoms with Gasteiger partial charge in [-0.3, -0.25) is 0 Å². The maximum absolute atomic E-state index is 6.83. The van der Waals surface area contributed by atoms with Gasteiger partial charge in [-0.05, 0) is 94.2 Å². The molecule has 0 amide bonds. The second kappa shape index (κ2) is 20.2. The first-order valence-electron chi connectivity index (χ1n) is 15.3. The molecule has 0 saturated heterocycles. The van der Waals surface area contributed by atoms with Gasteiger partial charge in [-0.25, -0.2) is 0 Å². The second-order valence-electron chi connectivity index (χ2n) is 10.9. The molecule has 0 bridgehead atoms. The van der Waals surface area contributed by atoms with Crippen LogP contribution in [-0.2, 0) is 35.4 Å². The van der Waals surface area contributed by atoms with Crippen LogP contribution in [0.5, 0.6) is 0 Å². The van der Waals surface area contributed by atoms with Crippen molar-refractivity contribution in [2.45, 2.75) is 164 Å². The van der Waals surface area contributed by atoms with Crippen LogP contribution in [0, 0.1) is 0 Å². The molecule has 0 radical (unpaired) electrons. The fourth-order valence-electron chi connectivity index (χ4n) is 3.03. The molecule has 0 N–H and O–H groups in total. The van der Waals surface area contributed by atoms with Gasteiger partial charge in [-0.2, -0.15) is 0 Å². The Balaban J connectivity index is 6.77. The third-order valence-corrected chi connectivity index (χ3v) is 13.9. The average molecular weight is 614 g/mol. The molecule has 0 aliphatic carbocycles. The molecule has 0 saturated carbocycles. The predicted octanol–water partition coefficient (Wildman–Crippen LogP) is 5.71. The zero-order chi connectivity index (χ0) is 30.2. The number of hydrogen-bond donors (Lipinski definition) is 0. The third kappa shape index (κ3) is 15.9. The van der Waals surface area contributed by atoms with Crippen molar-refractivity contribution in [3.05, 3.63) is 0 Å². The van der Waals surface area contributed by atoms with Crippen LogP contribution < -0.4 is 0 Å². The minimum absolute atomic E-state index is 0.113. The van der Waals surface area contributed by atoms with Crippen molar-refractivity contribution >= 4 is 27.8 Å². The largest absolute Gasteiger partial charge is 0.682 e. The van der Waals surface area contributed by atoms with Crippen molar-refractivity contribution < 1.29 is 35.4 Å². The zero-order valence-corrected chi connectivity index (χ0v) is 31.1. The summed E-state index contributed by atoms with van der Waals surface area (Å²) < 4.78 is 55.1. The average Bonchev–Trinajstić information content (AvgIpc) is 2.87. The van der Waals surface area contributed by atoms with E-state index in [-0.39, 0.29) is 36.6 Å². The Labute approximate surface area is 245 Å². The summed E-state index contributed by atoms with van der Waals surface area (Å²) in [7, 11) is -4.47. The molecule has 9 nitrogen and oxygen atoms in total. The first-order valence-corrected chi connectivity index (χ1v) is 20.0. The van der Waals surface area contributed by atoms with Crippen molar-refractivity contribution in [3.63, 3.8) is 0 Å². The molecular formula is C27H63NO8Si3. The van der Waals surface area contributed by atoms with Gasteiger partial charge >= 0.3 is 18.1 Å². The van der Waals surface area contributed by atoms with E-state index in [0.717, 1.165) is 38.5 Å². The maximum atomic E-state index is 6.83. The van der Waals surface area contributed by atoms with E-state index in [1.165, 1.54) is 0 Å². The summed E-state index contributed by atoms with van der Waals surface area (Å²) in [6.07, 6.45) is 4.11. The maximum Gasteiger partial charge on any atom is 0.682 e. The van der Waals surface area contributed by atoms with Crippen LogP contribution in [0.4, 0.5) is 0 Å². The lowest BCUT2D eigenvalue weighted by molar-refractivity contribution is -0.157. The van der Waals surface area contributed by atoms with E-state index in [9.17, 15) is 0 Å². The second-order valence-corrected chi connectivity index (χ2v) is 17.1. The van der Waals surface area contributed by atoms with Gasteiger partial charge in [0.05, 0.1) is 0 Å². The highest BCUT2D eigenvalue weighted by atomic mass is 28.4. The van der Waals surface area contributed by atoms with E-state index in [1.54, 1.807) is 0 Å². The highest BCUT2D eigenvalue weighted by molar-refractivity contribution is 6.56. The third-order valence-electron chi connectivity index (χ3n) is 6.59. The van der Waals surface area contributed by atoms with E-state index in [0.29, 0.717) is 0 Å². The number of hydrogen-bond acceptors (Lipinski definition) is 9. The minimum atomic E-state index is -3.68. The van der Waals surface area contributed by atoms with Crippen molar-refractivity contribution in [1.82, 2.24) is 4.57 Å². The molecule has 0 aromatic heterocycles. The topological polar surface area (TPSA) is 77.1 Å². The van der Waals surface area contributed by atoms with Gasteiger partial charge in [0.2, 0.25) is 0 Å². The van der Waals surface area contributed by atoms with E-state index >= 15 is 0 Å². The highest BCUT2D eigenvalue weighted by Crippen LogP contribution is 2.28. The van der Waals surface area contributed by atoms with E-state index in [1.807, 2.05) is 55.6 Å². The molecule has 0 fully saturated rings. The first-order chi connectivity index (χ1) is 18.2. The van der Waals surface area contributed by atoms with Gasteiger partial charge in [0, 0.05) is 36.6 Å². The Morgan fingerprint density at radius 1 is 0.436 bits per heavy atom. The van der Waals surface area contributed by atoms with Crippen LogP contribution in [0.15, 0.2) is 0 Å². The Morgan fingerprint density at radius 2 is 0.641 bits per heavy atom. The van der Waals surface area contributed by atoms with E-state index in [2.05, 4.69) is 46.1 Å². The molecule has 0 aliphatic rings. The minimum Gasteiger partial charge on any atom is -0.348 e. The van der Waals surface area contributed by atoms with Gasteiger partial charge in [-0.15, -0.1) is 0 Å². The van der Waals surface area contributed by atoms with Crippen LogP contribution in [0.3, 0.4) is 0 Å². The Bertz CT molecular complexity index is 513. The lowest BCUT2D eigenvalue weighted by Crippen LogP contribution is -2.62. The van der Waals surface area contributed by atoms with E-state index in [4.69, 9.17) is 35.4 Å². The van der Waals surface area contributed by atoms with Crippen LogP contribution in [-0.4, -0.2) is 89.0 Å². The summed E-state index contributed by atoms with van der Waals surface area (Å²) in [4.78, 5) is 0. The smallest absolute Gasteiger partial charge is 0.348 e. The van der Waals surface area contributed by atoms with Crippen LogP contribution >= 0.6 is 0 Å². The van der Waals surface area contributed by atoms with Crippen LogP contribution in [0.25, 0.3) is 0 Å². The number of nitrogens with zero attached hydrogens (tertiary/aromatic N) is 1. The molecule has 39 heavy (non-hydrogen) atoms. The molecule has 0 aliphatic heterocycles. The van der Waals surface area contributed by atoms with Gasteiger partial charge in [0.25, 0.3) is 0 Å². The van der Waals surface area contributed by atoms with Gasteiger partial charge < -0.3 is 40.0 Å². The summed E-state index contributed by atoms with van der Waals surface area (Å²) >= 11 is 0. The summed E-state index contributed by atoms with van der Waals surface area (Å²) in [5.74, 6) is -0.701. The number of rotatable bonds is 24. The molecule has 236 valence electrons. The summed E-state index contributed by atoms with van der Waals surface area (Å²) in [6.45, 7) is 24.6. The molecule has 0 spiro atoms. The fraction of sp³-hybridized carbons (Fsp3) is 1.00. The van der Waals surface area contributed by atoms with Crippen molar-refractivity contribution in [3.8, 4) is 0 Å². The van der Waals surface area contributed by atoms with Crippen molar-refractivity contribution in [1.29, 1.82) is 0 Å². The summed E-state index contributed by atoms with van der Waals surface area (Å²) in [6, 6.07) is 0. The van der Waals surface area contributed by atoms with E-state index < -0.39 is 33.7 Å². The molecule has 0 aromatic carbocycles. The predicted molar refractivity (Wildman–Crippen MR) is 165 cm³/mol. The van der Waals surface area contributed by atoms with Crippen LogP contribution in [0.2, 0.25) is 0 Å². The highest BCUT2D eigenvalue weighted by Gasteiger charge is 2.56. The Kier molecular flexibility index (Phi) is 20.4. The fourth-order valence-corrected chi connectivity index (χ4v) is 10.9. The van der Waals surface area contributed by atoms with Crippen molar-refractivity contribution in [2.75, 3.05) is 14.1 Å². The SMILES string of the molecule is CCC(C)O[Si](OC(C)CC)(OC(C)CC)OC(O[Si](OC(C)CC)(OC(C)CC)OC(C)CC)[SiH2]N(C)C. The molecule has 12 heteroatoms. The summed E-state index contributed by atoms with van der Waals surface area (Å²) in [5, 5.41) is 0.